The second kappa shape index (κ2) is 7.40. The Kier molecular flexibility index (Phi) is 6.52. The van der Waals surface area contributed by atoms with Crippen molar-refractivity contribution in [2.75, 3.05) is 60.2 Å². The molecule has 1 unspecified atom stereocenters. The van der Waals surface area contributed by atoms with Crippen molar-refractivity contribution in [2.45, 2.75) is 25.5 Å². The third kappa shape index (κ3) is 5.20. The smallest absolute Gasteiger partial charge is 0.0900 e. The van der Waals surface area contributed by atoms with E-state index < -0.39 is 6.10 Å². The number of nitrogens with zero attached hydrogens (tertiary/aromatic N) is 2. The highest BCUT2D eigenvalue weighted by Crippen LogP contribution is 2.18. The summed E-state index contributed by atoms with van der Waals surface area (Å²) in [5.41, 5.74) is 0.175. The fraction of sp³-hybridized carbons (Fsp3) is 1.00. The third-order valence-electron chi connectivity index (χ3n) is 3.61. The van der Waals surface area contributed by atoms with E-state index >= 15 is 0 Å². The van der Waals surface area contributed by atoms with Crippen LogP contribution >= 0.6 is 0 Å². The predicted octanol–water partition coefficient (Wildman–Crippen LogP) is 0.0363. The fourth-order valence-electron chi connectivity index (χ4n) is 2.21. The van der Waals surface area contributed by atoms with Crippen LogP contribution in [-0.4, -0.2) is 86.7 Å². The zero-order valence-electron chi connectivity index (χ0n) is 12.2. The highest BCUT2D eigenvalue weighted by atomic mass is 16.5. The molecule has 0 spiro atoms. The molecule has 0 bridgehead atoms. The molecule has 0 saturated carbocycles. The number of likely N-dealkylation sites (N-methyl/N-ethyl adjacent to an activating group) is 1. The Bertz CT molecular complexity index is 236. The van der Waals surface area contributed by atoms with E-state index in [1.165, 1.54) is 0 Å². The topological polar surface area (TPSA) is 45.2 Å². The standard InChI is InChI=1S/C13H28N2O3/c1-13(2)11-15(6-5-14(13)3)9-12(16)10-18-8-7-17-4/h12,16H,5-11H2,1-4H3. The molecule has 1 aliphatic rings. The molecule has 0 aromatic heterocycles. The Balaban J connectivity index is 2.22. The van der Waals surface area contributed by atoms with Crippen LogP contribution < -0.4 is 0 Å². The molecule has 0 amide bonds. The van der Waals surface area contributed by atoms with Crippen LogP contribution in [0.4, 0.5) is 0 Å². The van der Waals surface area contributed by atoms with Gasteiger partial charge in [0.05, 0.1) is 25.9 Å². The second-order valence-corrected chi connectivity index (χ2v) is 5.69. The van der Waals surface area contributed by atoms with E-state index in [2.05, 4.69) is 30.7 Å². The number of aliphatic hydroxyl groups excluding tert-OH is 1. The third-order valence-corrected chi connectivity index (χ3v) is 3.61. The lowest BCUT2D eigenvalue weighted by Gasteiger charge is -2.45. The van der Waals surface area contributed by atoms with E-state index in [-0.39, 0.29) is 5.54 Å². The number of ether oxygens (including phenoxy) is 2. The minimum absolute atomic E-state index is 0.175. The van der Waals surface area contributed by atoms with E-state index in [0.29, 0.717) is 26.4 Å². The van der Waals surface area contributed by atoms with Crippen LogP contribution in [0.3, 0.4) is 0 Å². The number of hydrogen-bond donors (Lipinski definition) is 1. The summed E-state index contributed by atoms with van der Waals surface area (Å²) in [6, 6.07) is 0. The van der Waals surface area contributed by atoms with Crippen molar-refractivity contribution in [2.24, 2.45) is 0 Å². The first-order valence-corrected chi connectivity index (χ1v) is 6.64. The second-order valence-electron chi connectivity index (χ2n) is 5.69. The lowest BCUT2D eigenvalue weighted by Crippen LogP contribution is -2.58. The molecule has 1 N–H and O–H groups in total. The normalized spacial score (nSPS) is 23.2. The molecule has 5 heteroatoms. The monoisotopic (exact) mass is 260 g/mol. The summed E-state index contributed by atoms with van der Waals surface area (Å²) < 4.78 is 10.2. The molecule has 0 aliphatic carbocycles. The van der Waals surface area contributed by atoms with Crippen LogP contribution in [0.1, 0.15) is 13.8 Å². The largest absolute Gasteiger partial charge is 0.389 e. The Hall–Kier alpha value is -0.200. The van der Waals surface area contributed by atoms with Gasteiger partial charge in [0.1, 0.15) is 0 Å². The van der Waals surface area contributed by atoms with Crippen LogP contribution in [-0.2, 0) is 9.47 Å². The van der Waals surface area contributed by atoms with Crippen LogP contribution in [0.2, 0.25) is 0 Å². The van der Waals surface area contributed by atoms with Crippen molar-refractivity contribution in [3.63, 3.8) is 0 Å². The molecular weight excluding hydrogens is 232 g/mol. The SMILES string of the molecule is COCCOCC(O)CN1CCN(C)C(C)(C)C1. The Morgan fingerprint density at radius 1 is 1.28 bits per heavy atom. The van der Waals surface area contributed by atoms with Gasteiger partial charge in [-0.15, -0.1) is 0 Å². The van der Waals surface area contributed by atoms with Gasteiger partial charge in [-0.1, -0.05) is 0 Å². The summed E-state index contributed by atoms with van der Waals surface area (Å²) in [7, 11) is 3.80. The molecule has 1 aliphatic heterocycles. The van der Waals surface area contributed by atoms with Crippen molar-refractivity contribution in [3.8, 4) is 0 Å². The van der Waals surface area contributed by atoms with Crippen LogP contribution in [0.15, 0.2) is 0 Å². The summed E-state index contributed by atoms with van der Waals surface area (Å²) in [6.45, 7) is 9.70. The number of rotatable bonds is 7. The molecule has 5 nitrogen and oxygen atoms in total. The lowest BCUT2D eigenvalue weighted by atomic mass is 9.99. The van der Waals surface area contributed by atoms with E-state index in [1.807, 2.05) is 0 Å². The molecule has 1 heterocycles. The number of piperazine rings is 1. The molecule has 18 heavy (non-hydrogen) atoms. The Morgan fingerprint density at radius 3 is 2.61 bits per heavy atom. The van der Waals surface area contributed by atoms with E-state index in [1.54, 1.807) is 7.11 Å². The summed E-state index contributed by atoms with van der Waals surface area (Å²) in [5, 5.41) is 9.92. The summed E-state index contributed by atoms with van der Waals surface area (Å²) in [6.07, 6.45) is -0.416. The van der Waals surface area contributed by atoms with Gasteiger partial charge in [-0.25, -0.2) is 0 Å². The molecule has 1 atom stereocenters. The zero-order chi connectivity index (χ0) is 13.6. The molecular formula is C13H28N2O3. The van der Waals surface area contributed by atoms with Gasteiger partial charge in [-0.05, 0) is 20.9 Å². The van der Waals surface area contributed by atoms with Crippen LogP contribution in [0.25, 0.3) is 0 Å². The maximum atomic E-state index is 9.92. The maximum absolute atomic E-state index is 9.92. The molecule has 1 saturated heterocycles. The van der Waals surface area contributed by atoms with Gasteiger partial charge in [-0.2, -0.15) is 0 Å². The number of aliphatic hydroxyl groups is 1. The van der Waals surface area contributed by atoms with E-state index in [9.17, 15) is 5.11 Å². The van der Waals surface area contributed by atoms with Gasteiger partial charge in [0.15, 0.2) is 0 Å². The van der Waals surface area contributed by atoms with E-state index in [4.69, 9.17) is 9.47 Å². The summed E-state index contributed by atoms with van der Waals surface area (Å²) in [5.74, 6) is 0. The van der Waals surface area contributed by atoms with Crippen LogP contribution in [0, 0.1) is 0 Å². The van der Waals surface area contributed by atoms with Crippen molar-refractivity contribution < 1.29 is 14.6 Å². The number of hydrogen-bond acceptors (Lipinski definition) is 5. The van der Waals surface area contributed by atoms with Gasteiger partial charge in [0.2, 0.25) is 0 Å². The first-order chi connectivity index (χ1) is 8.45. The lowest BCUT2D eigenvalue weighted by molar-refractivity contribution is -0.0228. The highest BCUT2D eigenvalue weighted by Gasteiger charge is 2.31. The minimum Gasteiger partial charge on any atom is -0.389 e. The average Bonchev–Trinajstić information content (AvgIpc) is 2.29. The Labute approximate surface area is 111 Å². The van der Waals surface area contributed by atoms with Crippen LogP contribution in [0.5, 0.6) is 0 Å². The zero-order valence-corrected chi connectivity index (χ0v) is 12.2. The molecule has 108 valence electrons. The quantitative estimate of drug-likeness (QED) is 0.655. The first-order valence-electron chi connectivity index (χ1n) is 6.64. The van der Waals surface area contributed by atoms with Gasteiger partial charge in [-0.3, -0.25) is 9.80 Å². The fourth-order valence-corrected chi connectivity index (χ4v) is 2.21. The summed E-state index contributed by atoms with van der Waals surface area (Å²) in [4.78, 5) is 4.68. The van der Waals surface area contributed by atoms with Gasteiger partial charge in [0, 0.05) is 38.8 Å². The molecule has 0 radical (unpaired) electrons. The van der Waals surface area contributed by atoms with Crippen molar-refractivity contribution in [1.29, 1.82) is 0 Å². The Morgan fingerprint density at radius 2 is 2.00 bits per heavy atom. The minimum atomic E-state index is -0.416. The number of methoxy groups -OCH3 is 1. The van der Waals surface area contributed by atoms with E-state index in [0.717, 1.165) is 19.6 Å². The maximum Gasteiger partial charge on any atom is 0.0900 e. The van der Waals surface area contributed by atoms with Crippen molar-refractivity contribution >= 4 is 0 Å². The molecule has 1 fully saturated rings. The summed E-state index contributed by atoms with van der Waals surface area (Å²) >= 11 is 0. The highest BCUT2D eigenvalue weighted by molar-refractivity contribution is 4.88. The first kappa shape index (κ1) is 15.9. The van der Waals surface area contributed by atoms with Gasteiger partial charge in [0.25, 0.3) is 0 Å². The molecule has 1 rings (SSSR count). The average molecular weight is 260 g/mol. The predicted molar refractivity (Wildman–Crippen MR) is 71.9 cm³/mol. The number of β-amino-alcohol motifs (C(OH)–C–C–N with tert-alkyl or cyclic N) is 1. The molecule has 0 aromatic rings. The van der Waals surface area contributed by atoms with Crippen molar-refractivity contribution in [3.05, 3.63) is 0 Å². The van der Waals surface area contributed by atoms with Crippen molar-refractivity contribution in [1.82, 2.24) is 9.80 Å². The molecule has 0 aromatic carbocycles. The van der Waals surface area contributed by atoms with Gasteiger partial charge < -0.3 is 14.6 Å². The van der Waals surface area contributed by atoms with Gasteiger partial charge >= 0.3 is 0 Å².